The topological polar surface area (TPSA) is 85.0 Å². The van der Waals surface area contributed by atoms with E-state index in [4.69, 9.17) is 14.8 Å². The van der Waals surface area contributed by atoms with Crippen molar-refractivity contribution in [2.24, 2.45) is 4.99 Å². The van der Waals surface area contributed by atoms with E-state index >= 15 is 0 Å². The minimum atomic E-state index is -0.403. The molecule has 0 saturated carbocycles. The van der Waals surface area contributed by atoms with Crippen molar-refractivity contribution < 1.29 is 14.8 Å². The van der Waals surface area contributed by atoms with Crippen LogP contribution in [0.2, 0.25) is 0 Å². The van der Waals surface area contributed by atoms with Gasteiger partial charge < -0.3 is 9.84 Å². The summed E-state index contributed by atoms with van der Waals surface area (Å²) in [6.07, 6.45) is 3.72. The Morgan fingerprint density at radius 2 is 1.45 bits per heavy atom. The predicted octanol–water partition coefficient (Wildman–Crippen LogP) is 5.91. The molecule has 0 aliphatic carbocycles. The molecular weight excluding hydrogens is 392 g/mol. The first-order valence-electron chi connectivity index (χ1n) is 10.4. The lowest BCUT2D eigenvalue weighted by molar-refractivity contribution is -0.384. The highest BCUT2D eigenvalue weighted by molar-refractivity contribution is 5.95. The van der Waals surface area contributed by atoms with Crippen molar-refractivity contribution in [1.82, 2.24) is 0 Å². The maximum Gasteiger partial charge on any atom is 0.269 e. The van der Waals surface area contributed by atoms with Crippen molar-refractivity contribution in [3.05, 3.63) is 94.5 Å². The van der Waals surface area contributed by atoms with Gasteiger partial charge in [-0.2, -0.15) is 0 Å². The van der Waals surface area contributed by atoms with Crippen LogP contribution in [0.3, 0.4) is 0 Å². The number of hydrogen-bond acceptors (Lipinski definition) is 5. The van der Waals surface area contributed by atoms with Crippen LogP contribution >= 0.6 is 0 Å². The maximum atomic E-state index is 10.8. The van der Waals surface area contributed by atoms with Crippen LogP contribution in [0.4, 0.5) is 11.4 Å². The van der Waals surface area contributed by atoms with E-state index in [9.17, 15) is 10.1 Å². The number of unbranched alkanes of at least 4 members (excludes halogenated alkanes) is 3. The first-order chi connectivity index (χ1) is 15.2. The predicted molar refractivity (Wildman–Crippen MR) is 123 cm³/mol. The second kappa shape index (κ2) is 11.6. The zero-order valence-corrected chi connectivity index (χ0v) is 17.3. The van der Waals surface area contributed by atoms with Gasteiger partial charge in [0.2, 0.25) is 5.90 Å². The third kappa shape index (κ3) is 6.76. The third-order valence-electron chi connectivity index (χ3n) is 4.82. The summed E-state index contributed by atoms with van der Waals surface area (Å²) in [6.45, 7) is 0.799. The highest BCUT2D eigenvalue weighted by Gasteiger charge is 2.07. The zero-order valence-electron chi connectivity index (χ0n) is 17.3. The van der Waals surface area contributed by atoms with Gasteiger partial charge in [0.25, 0.3) is 5.69 Å². The third-order valence-corrected chi connectivity index (χ3v) is 4.82. The summed E-state index contributed by atoms with van der Waals surface area (Å²) in [5.41, 5.74) is 3.62. The van der Waals surface area contributed by atoms with Crippen LogP contribution < -0.4 is 0 Å². The molecule has 0 bridgehead atoms. The Balaban J connectivity index is 1.72. The number of hydrogen-bond donors (Lipinski definition) is 1. The van der Waals surface area contributed by atoms with Gasteiger partial charge in [-0.1, -0.05) is 36.8 Å². The Bertz CT molecular complexity index is 984. The second-order valence-electron chi connectivity index (χ2n) is 7.12. The number of benzene rings is 3. The fourth-order valence-electron chi connectivity index (χ4n) is 3.12. The van der Waals surface area contributed by atoms with Crippen LogP contribution in [0.5, 0.6) is 0 Å². The van der Waals surface area contributed by atoms with Crippen LogP contribution in [-0.2, 0) is 4.74 Å². The van der Waals surface area contributed by atoms with E-state index in [1.165, 1.54) is 12.1 Å². The minimum absolute atomic E-state index is 0.0750. The van der Waals surface area contributed by atoms with Gasteiger partial charge in [0.15, 0.2) is 0 Å². The normalized spacial score (nSPS) is 11.3. The molecular formula is C25H26N2O4. The van der Waals surface area contributed by atoms with E-state index in [0.29, 0.717) is 12.5 Å². The van der Waals surface area contributed by atoms with Crippen molar-refractivity contribution in [3.63, 3.8) is 0 Å². The number of non-ortho nitro benzene ring substituents is 1. The quantitative estimate of drug-likeness (QED) is 0.146. The molecule has 0 radical (unpaired) electrons. The van der Waals surface area contributed by atoms with Gasteiger partial charge in [-0.3, -0.25) is 10.1 Å². The molecule has 0 heterocycles. The molecule has 3 aromatic rings. The Morgan fingerprint density at radius 3 is 2.06 bits per heavy atom. The molecule has 0 atom stereocenters. The molecule has 3 aromatic carbocycles. The average molecular weight is 418 g/mol. The zero-order chi connectivity index (χ0) is 21.9. The van der Waals surface area contributed by atoms with Crippen LogP contribution in [0.1, 0.15) is 31.2 Å². The number of nitro groups is 1. The lowest BCUT2D eigenvalue weighted by atomic mass is 10.1. The molecule has 0 aliphatic heterocycles. The standard InChI is InChI=1S/C25H26N2O4/c28-18-6-1-2-7-19-31-25(22-8-4-3-5-9-22)26-23-14-10-20(11-15-23)21-12-16-24(17-13-21)27(29)30/h3-5,8-17,28H,1-2,6-7,18-19H2. The summed E-state index contributed by atoms with van der Waals surface area (Å²) in [6, 6.07) is 24.0. The van der Waals surface area contributed by atoms with Gasteiger partial charge in [-0.05, 0) is 66.8 Å². The summed E-state index contributed by atoms with van der Waals surface area (Å²) in [5.74, 6) is 0.575. The van der Waals surface area contributed by atoms with Gasteiger partial charge in [-0.25, -0.2) is 4.99 Å². The van der Waals surface area contributed by atoms with E-state index in [-0.39, 0.29) is 12.3 Å². The van der Waals surface area contributed by atoms with E-state index in [2.05, 4.69) is 0 Å². The number of aliphatic hydroxyl groups is 1. The first-order valence-corrected chi connectivity index (χ1v) is 10.4. The van der Waals surface area contributed by atoms with Crippen molar-refractivity contribution in [1.29, 1.82) is 0 Å². The van der Waals surface area contributed by atoms with Gasteiger partial charge in [-0.15, -0.1) is 0 Å². The Hall–Kier alpha value is -3.51. The summed E-state index contributed by atoms with van der Waals surface area (Å²) in [4.78, 5) is 15.1. The molecule has 0 fully saturated rings. The van der Waals surface area contributed by atoms with Crippen molar-refractivity contribution in [2.75, 3.05) is 13.2 Å². The molecule has 31 heavy (non-hydrogen) atoms. The molecule has 6 nitrogen and oxygen atoms in total. The molecule has 0 amide bonds. The van der Waals surface area contributed by atoms with Gasteiger partial charge in [0.05, 0.1) is 17.2 Å². The Labute approximate surface area is 182 Å². The molecule has 3 rings (SSSR count). The van der Waals surface area contributed by atoms with Crippen molar-refractivity contribution >= 4 is 17.3 Å². The van der Waals surface area contributed by atoms with Crippen molar-refractivity contribution in [3.8, 4) is 11.1 Å². The molecule has 0 spiro atoms. The first kappa shape index (κ1) is 22.2. The van der Waals surface area contributed by atoms with Crippen LogP contribution in [0, 0.1) is 10.1 Å². The SMILES string of the molecule is O=[N+]([O-])c1ccc(-c2ccc(N=C(OCCCCCCO)c3ccccc3)cc2)cc1. The summed E-state index contributed by atoms with van der Waals surface area (Å²) in [5, 5.41) is 19.7. The van der Waals surface area contributed by atoms with Gasteiger partial charge in [0.1, 0.15) is 0 Å². The molecule has 0 unspecified atom stereocenters. The lowest BCUT2D eigenvalue weighted by Crippen LogP contribution is -2.08. The van der Waals surface area contributed by atoms with Gasteiger partial charge >= 0.3 is 0 Å². The number of nitro benzene ring substituents is 1. The molecule has 6 heteroatoms. The Morgan fingerprint density at radius 1 is 0.839 bits per heavy atom. The molecule has 1 N–H and O–H groups in total. The number of rotatable bonds is 10. The lowest BCUT2D eigenvalue weighted by Gasteiger charge is -2.10. The van der Waals surface area contributed by atoms with E-state index < -0.39 is 4.92 Å². The fourth-order valence-corrected chi connectivity index (χ4v) is 3.12. The van der Waals surface area contributed by atoms with Crippen LogP contribution in [-0.4, -0.2) is 29.1 Å². The summed E-state index contributed by atoms with van der Waals surface area (Å²) >= 11 is 0. The van der Waals surface area contributed by atoms with E-state index in [1.807, 2.05) is 54.6 Å². The second-order valence-corrected chi connectivity index (χ2v) is 7.12. The Kier molecular flexibility index (Phi) is 8.31. The summed E-state index contributed by atoms with van der Waals surface area (Å²) in [7, 11) is 0. The van der Waals surface area contributed by atoms with Crippen molar-refractivity contribution in [2.45, 2.75) is 25.7 Å². The highest BCUT2D eigenvalue weighted by Crippen LogP contribution is 2.25. The average Bonchev–Trinajstić information content (AvgIpc) is 2.81. The monoisotopic (exact) mass is 418 g/mol. The maximum absolute atomic E-state index is 10.8. The van der Waals surface area contributed by atoms with Crippen LogP contribution in [0.25, 0.3) is 11.1 Å². The van der Waals surface area contributed by atoms with Gasteiger partial charge in [0, 0.05) is 24.3 Å². The largest absolute Gasteiger partial charge is 0.477 e. The smallest absolute Gasteiger partial charge is 0.269 e. The van der Waals surface area contributed by atoms with E-state index in [0.717, 1.165) is 48.1 Å². The highest BCUT2D eigenvalue weighted by atomic mass is 16.6. The minimum Gasteiger partial charge on any atom is -0.477 e. The van der Waals surface area contributed by atoms with Crippen LogP contribution in [0.15, 0.2) is 83.9 Å². The number of aliphatic imine (C=N–C) groups is 1. The molecule has 160 valence electrons. The molecule has 0 aromatic heterocycles. The molecule has 0 aliphatic rings. The number of ether oxygens (including phenoxy) is 1. The molecule has 0 saturated heterocycles. The van der Waals surface area contributed by atoms with E-state index in [1.54, 1.807) is 12.1 Å². The number of aliphatic hydroxyl groups excluding tert-OH is 1. The summed E-state index contributed by atoms with van der Waals surface area (Å²) < 4.78 is 5.99. The fraction of sp³-hybridized carbons (Fsp3) is 0.240. The number of nitrogens with zero attached hydrogens (tertiary/aromatic N) is 2.